The number of ether oxygens (including phenoxy) is 1. The highest BCUT2D eigenvalue weighted by molar-refractivity contribution is 7.89. The zero-order chi connectivity index (χ0) is 15.6. The third-order valence-corrected chi connectivity index (χ3v) is 5.85. The maximum atomic E-state index is 12.6. The Morgan fingerprint density at radius 3 is 2.76 bits per heavy atom. The molecule has 1 heterocycles. The van der Waals surface area contributed by atoms with Crippen molar-refractivity contribution in [3.63, 3.8) is 0 Å². The number of hydrogen-bond donors (Lipinski definition) is 1. The molecule has 0 aliphatic carbocycles. The number of nitrogens with zero attached hydrogens (tertiary/aromatic N) is 1. The summed E-state index contributed by atoms with van der Waals surface area (Å²) in [6.45, 7) is 2.83. The van der Waals surface area contributed by atoms with Gasteiger partial charge in [-0.2, -0.15) is 4.31 Å². The number of rotatable bonds is 5. The third-order valence-electron chi connectivity index (χ3n) is 3.63. The second kappa shape index (κ2) is 6.39. The lowest BCUT2D eigenvalue weighted by Gasteiger charge is -2.21. The maximum absolute atomic E-state index is 12.6. The van der Waals surface area contributed by atoms with E-state index in [0.717, 1.165) is 12.8 Å². The molecular weight excluding hydrogens is 308 g/mol. The summed E-state index contributed by atoms with van der Waals surface area (Å²) in [6, 6.07) is 4.91. The first-order valence-corrected chi connectivity index (χ1v) is 8.65. The summed E-state index contributed by atoms with van der Waals surface area (Å²) < 4.78 is 32.1. The van der Waals surface area contributed by atoms with Gasteiger partial charge in [-0.15, -0.1) is 0 Å². The van der Waals surface area contributed by atoms with Gasteiger partial charge in [0.15, 0.2) is 0 Å². The van der Waals surface area contributed by atoms with Crippen LogP contribution < -0.4 is 5.73 Å². The van der Waals surface area contributed by atoms with Crippen LogP contribution in [0.1, 0.15) is 24.0 Å². The minimum absolute atomic E-state index is 0.0130. The molecule has 0 spiro atoms. The van der Waals surface area contributed by atoms with E-state index >= 15 is 0 Å². The number of hydrogen-bond acceptors (Lipinski definition) is 4. The van der Waals surface area contributed by atoms with E-state index in [1.165, 1.54) is 4.31 Å². The molecule has 1 atom stereocenters. The lowest BCUT2D eigenvalue weighted by Crippen LogP contribution is -2.34. The second-order valence-electron chi connectivity index (χ2n) is 5.27. The van der Waals surface area contributed by atoms with Gasteiger partial charge < -0.3 is 10.5 Å². The zero-order valence-corrected chi connectivity index (χ0v) is 13.8. The number of sulfonamides is 1. The lowest BCUT2D eigenvalue weighted by atomic mass is 10.1. The van der Waals surface area contributed by atoms with Crippen LogP contribution in [0.4, 0.5) is 0 Å². The molecule has 0 bridgehead atoms. The van der Waals surface area contributed by atoms with Crippen LogP contribution in [0.2, 0.25) is 0 Å². The van der Waals surface area contributed by atoms with Gasteiger partial charge in [0.1, 0.15) is 4.99 Å². The number of aryl methyl sites for hydroxylation is 1. The Morgan fingerprint density at radius 1 is 1.52 bits per heavy atom. The zero-order valence-electron chi connectivity index (χ0n) is 12.2. The highest BCUT2D eigenvalue weighted by Gasteiger charge is 2.27. The van der Waals surface area contributed by atoms with Crippen LogP contribution in [0.15, 0.2) is 23.1 Å². The molecule has 5 nitrogen and oxygen atoms in total. The van der Waals surface area contributed by atoms with Crippen LogP contribution in [-0.4, -0.2) is 44.0 Å². The molecule has 7 heteroatoms. The topological polar surface area (TPSA) is 72.6 Å². The minimum atomic E-state index is -3.53. The van der Waals surface area contributed by atoms with Gasteiger partial charge in [0.25, 0.3) is 0 Å². The molecule has 0 radical (unpaired) electrons. The SMILES string of the molecule is Cc1cc(C(N)=S)ccc1S(=O)(=O)N(C)CC1CCCO1. The smallest absolute Gasteiger partial charge is 0.243 e. The molecule has 1 saturated heterocycles. The van der Waals surface area contributed by atoms with E-state index in [2.05, 4.69) is 0 Å². The maximum Gasteiger partial charge on any atom is 0.243 e. The van der Waals surface area contributed by atoms with E-state index in [1.807, 2.05) is 0 Å². The van der Waals surface area contributed by atoms with Gasteiger partial charge in [-0.25, -0.2) is 8.42 Å². The fourth-order valence-corrected chi connectivity index (χ4v) is 3.96. The number of benzene rings is 1. The van der Waals surface area contributed by atoms with Crippen molar-refractivity contribution in [3.8, 4) is 0 Å². The molecule has 1 aromatic carbocycles. The first-order chi connectivity index (χ1) is 9.82. The third kappa shape index (κ3) is 3.60. The molecule has 1 aliphatic rings. The summed E-state index contributed by atoms with van der Waals surface area (Å²) in [5.41, 5.74) is 6.87. The molecule has 116 valence electrons. The van der Waals surface area contributed by atoms with Crippen molar-refractivity contribution in [3.05, 3.63) is 29.3 Å². The van der Waals surface area contributed by atoms with Crippen LogP contribution in [0.25, 0.3) is 0 Å². The molecule has 2 rings (SSSR count). The van der Waals surface area contributed by atoms with Crippen LogP contribution >= 0.6 is 12.2 Å². The second-order valence-corrected chi connectivity index (χ2v) is 7.72. The predicted molar refractivity (Wildman–Crippen MR) is 85.9 cm³/mol. The van der Waals surface area contributed by atoms with Crippen molar-refractivity contribution in [1.82, 2.24) is 4.31 Å². The van der Waals surface area contributed by atoms with Crippen LogP contribution in [0.5, 0.6) is 0 Å². The molecule has 1 fully saturated rings. The van der Waals surface area contributed by atoms with Crippen molar-refractivity contribution in [2.45, 2.75) is 30.8 Å². The van der Waals surface area contributed by atoms with Crippen LogP contribution in [0, 0.1) is 6.92 Å². The average molecular weight is 328 g/mol. The quantitative estimate of drug-likeness (QED) is 0.828. The van der Waals surface area contributed by atoms with Crippen molar-refractivity contribution in [1.29, 1.82) is 0 Å². The van der Waals surface area contributed by atoms with Crippen LogP contribution in [0.3, 0.4) is 0 Å². The predicted octanol–water partition coefficient (Wildman–Crippen LogP) is 1.43. The standard InChI is InChI=1S/C14H20N2O3S2/c1-10-8-11(14(15)20)5-6-13(10)21(17,18)16(2)9-12-4-3-7-19-12/h5-6,8,12H,3-4,7,9H2,1-2H3,(H2,15,20). The summed E-state index contributed by atoms with van der Waals surface area (Å²) in [7, 11) is -1.95. The van der Waals surface area contributed by atoms with Crippen molar-refractivity contribution < 1.29 is 13.2 Å². The molecule has 1 unspecified atom stereocenters. The van der Waals surface area contributed by atoms with Gasteiger partial charge >= 0.3 is 0 Å². The van der Waals surface area contributed by atoms with E-state index in [4.69, 9.17) is 22.7 Å². The van der Waals surface area contributed by atoms with Gasteiger partial charge in [-0.05, 0) is 37.5 Å². The highest BCUT2D eigenvalue weighted by Crippen LogP contribution is 2.22. The summed E-state index contributed by atoms with van der Waals surface area (Å²) in [6.07, 6.45) is 1.88. The molecule has 0 aromatic heterocycles. The summed E-state index contributed by atoms with van der Waals surface area (Å²) in [5, 5.41) is 0. The molecule has 1 aromatic rings. The monoisotopic (exact) mass is 328 g/mol. The van der Waals surface area contributed by atoms with Crippen LogP contribution in [-0.2, 0) is 14.8 Å². The fourth-order valence-electron chi connectivity index (χ4n) is 2.43. The van der Waals surface area contributed by atoms with E-state index in [9.17, 15) is 8.42 Å². The molecular formula is C14H20N2O3S2. The van der Waals surface area contributed by atoms with Crippen molar-refractivity contribution >= 4 is 27.2 Å². The fraction of sp³-hybridized carbons (Fsp3) is 0.500. The lowest BCUT2D eigenvalue weighted by molar-refractivity contribution is 0.0979. The molecule has 0 saturated carbocycles. The number of nitrogens with two attached hydrogens (primary N) is 1. The summed E-state index contributed by atoms with van der Waals surface area (Å²) in [4.78, 5) is 0.540. The van der Waals surface area contributed by atoms with Gasteiger partial charge in [-0.3, -0.25) is 0 Å². The largest absolute Gasteiger partial charge is 0.389 e. The van der Waals surface area contributed by atoms with Gasteiger partial charge in [0.05, 0.1) is 11.0 Å². The Labute approximate surface area is 131 Å². The molecule has 21 heavy (non-hydrogen) atoms. The Kier molecular flexibility index (Phi) is 4.98. The van der Waals surface area contributed by atoms with Gasteiger partial charge in [0, 0.05) is 25.8 Å². The Hall–Kier alpha value is -1.02. The Morgan fingerprint density at radius 2 is 2.24 bits per heavy atom. The first kappa shape index (κ1) is 16.4. The first-order valence-electron chi connectivity index (χ1n) is 6.81. The average Bonchev–Trinajstić information content (AvgIpc) is 2.90. The highest BCUT2D eigenvalue weighted by atomic mass is 32.2. The summed E-state index contributed by atoms with van der Waals surface area (Å²) >= 11 is 4.91. The van der Waals surface area contributed by atoms with E-state index < -0.39 is 10.0 Å². The molecule has 2 N–H and O–H groups in total. The minimum Gasteiger partial charge on any atom is -0.389 e. The van der Waals surface area contributed by atoms with Crippen molar-refractivity contribution in [2.24, 2.45) is 5.73 Å². The number of thiocarbonyl (C=S) groups is 1. The number of likely N-dealkylation sites (N-methyl/N-ethyl adjacent to an activating group) is 1. The molecule has 1 aliphatic heterocycles. The van der Waals surface area contributed by atoms with E-state index in [-0.39, 0.29) is 16.0 Å². The van der Waals surface area contributed by atoms with E-state index in [1.54, 1.807) is 32.2 Å². The van der Waals surface area contributed by atoms with E-state index in [0.29, 0.717) is 24.3 Å². The van der Waals surface area contributed by atoms with Gasteiger partial charge in [0.2, 0.25) is 10.0 Å². The Balaban J connectivity index is 2.23. The summed E-state index contributed by atoms with van der Waals surface area (Å²) in [5.74, 6) is 0. The normalized spacial score (nSPS) is 19.1. The Bertz CT molecular complexity index is 638. The van der Waals surface area contributed by atoms with Gasteiger partial charge in [-0.1, -0.05) is 18.3 Å². The molecule has 0 amide bonds. The van der Waals surface area contributed by atoms with Crippen molar-refractivity contribution in [2.75, 3.05) is 20.2 Å².